The Balaban J connectivity index is 0.945. The van der Waals surface area contributed by atoms with Crippen LogP contribution in [-0.2, 0) is 10.8 Å². The molecule has 446 valence electrons. The maximum atomic E-state index is 7.59. The van der Waals surface area contributed by atoms with Gasteiger partial charge in [-0.2, -0.15) is 0 Å². The Morgan fingerprint density at radius 1 is 0.287 bits per heavy atom. The van der Waals surface area contributed by atoms with Gasteiger partial charge in [0.05, 0.1) is 5.69 Å². The molecule has 0 unspecified atom stereocenters. The summed E-state index contributed by atoms with van der Waals surface area (Å²) in [6, 6.07) is 98.1. The van der Waals surface area contributed by atoms with Crippen LogP contribution in [0.15, 0.2) is 276 Å². The number of nitrogens with zero attached hydrogens (tertiary/aromatic N) is 2. The zero-order valence-electron chi connectivity index (χ0n) is 53.1. The molecule has 6 nitrogen and oxygen atoms in total. The van der Waals surface area contributed by atoms with Gasteiger partial charge in [0.2, 0.25) is 0 Å². The SMILES string of the molecule is CC(C)(C)c1ccc2c(c1)Oc1cc(-c3ccc4oc5ccccc5c4c3)cc3c1B2c1cc2c(cc1N3c1ccccc1)N(c1c(-c3ccccc3)cccc1-c1ccccc1)c1cc(-c3ccc4oc5ccccc5c4c3)cc3c1B2c1ccc(C(C)(C)C)cc1O3. The summed E-state index contributed by atoms with van der Waals surface area (Å²) in [7, 11) is 0. The highest BCUT2D eigenvalue weighted by Gasteiger charge is 2.48. The van der Waals surface area contributed by atoms with Crippen molar-refractivity contribution in [2.75, 3.05) is 9.80 Å². The second-order valence-electron chi connectivity index (χ2n) is 27.9. The van der Waals surface area contributed by atoms with E-state index in [4.69, 9.17) is 18.3 Å². The summed E-state index contributed by atoms with van der Waals surface area (Å²) in [5.41, 5.74) is 27.6. The van der Waals surface area contributed by atoms with Crippen LogP contribution in [0, 0.1) is 0 Å². The van der Waals surface area contributed by atoms with E-state index in [1.165, 1.54) is 22.1 Å². The largest absolute Gasteiger partial charge is 0.458 e. The maximum Gasteiger partial charge on any atom is 0.256 e. The third-order valence-electron chi connectivity index (χ3n) is 20.3. The van der Waals surface area contributed by atoms with E-state index in [-0.39, 0.29) is 24.3 Å². The molecule has 15 aromatic rings. The van der Waals surface area contributed by atoms with E-state index in [0.717, 1.165) is 167 Å². The van der Waals surface area contributed by atoms with Crippen molar-refractivity contribution in [1.29, 1.82) is 0 Å². The second kappa shape index (κ2) is 20.1. The monoisotopic (exact) mass is 1210 g/mol. The van der Waals surface area contributed by atoms with Crippen LogP contribution < -0.4 is 52.1 Å². The van der Waals surface area contributed by atoms with Crippen LogP contribution in [-0.4, -0.2) is 13.4 Å². The topological polar surface area (TPSA) is 51.2 Å². The van der Waals surface area contributed by atoms with Gasteiger partial charge in [-0.05, 0) is 179 Å². The highest BCUT2D eigenvalue weighted by atomic mass is 16.5. The molecule has 4 aliphatic rings. The molecule has 19 rings (SSSR count). The first-order chi connectivity index (χ1) is 45.8. The smallest absolute Gasteiger partial charge is 0.256 e. The molecule has 0 N–H and O–H groups in total. The summed E-state index contributed by atoms with van der Waals surface area (Å²) in [4.78, 5) is 5.13. The highest BCUT2D eigenvalue weighted by molar-refractivity contribution is 7.02. The Hall–Kier alpha value is -11.2. The first-order valence-electron chi connectivity index (χ1n) is 32.8. The Kier molecular flexibility index (Phi) is 11.7. The van der Waals surface area contributed by atoms with Gasteiger partial charge in [0.25, 0.3) is 13.4 Å². The van der Waals surface area contributed by atoms with Crippen LogP contribution in [0.2, 0.25) is 0 Å². The molecule has 6 heterocycles. The van der Waals surface area contributed by atoms with Gasteiger partial charge in [-0.25, -0.2) is 0 Å². The number of hydrogen-bond donors (Lipinski definition) is 0. The Labute approximate surface area is 547 Å². The van der Waals surface area contributed by atoms with Crippen molar-refractivity contribution in [2.24, 2.45) is 0 Å². The zero-order valence-corrected chi connectivity index (χ0v) is 53.1. The number of rotatable bonds is 6. The van der Waals surface area contributed by atoms with Crippen molar-refractivity contribution >= 4 is 124 Å². The molecule has 4 aliphatic heterocycles. The van der Waals surface area contributed by atoms with E-state index in [0.29, 0.717) is 0 Å². The average Bonchev–Trinajstić information content (AvgIpc) is 0.832. The fourth-order valence-electron chi connectivity index (χ4n) is 15.6. The van der Waals surface area contributed by atoms with Gasteiger partial charge in [0.15, 0.2) is 0 Å². The summed E-state index contributed by atoms with van der Waals surface area (Å²) in [6.45, 7) is 13.2. The number of para-hydroxylation sites is 4. The molecule has 0 aliphatic carbocycles. The number of fused-ring (bicyclic) bond motifs is 14. The lowest BCUT2D eigenvalue weighted by Crippen LogP contribution is -2.64. The molecule has 0 atom stereocenters. The first kappa shape index (κ1) is 54.5. The molecule has 2 aromatic heterocycles. The minimum Gasteiger partial charge on any atom is -0.458 e. The van der Waals surface area contributed by atoms with Crippen molar-refractivity contribution in [3.8, 4) is 67.5 Å². The van der Waals surface area contributed by atoms with Crippen molar-refractivity contribution in [1.82, 2.24) is 0 Å². The van der Waals surface area contributed by atoms with Gasteiger partial charge in [-0.1, -0.05) is 217 Å². The summed E-state index contributed by atoms with van der Waals surface area (Å²) in [5.74, 6) is 3.42. The van der Waals surface area contributed by atoms with Gasteiger partial charge in [-0.15, -0.1) is 0 Å². The number of furan rings is 2. The van der Waals surface area contributed by atoms with Crippen molar-refractivity contribution < 1.29 is 18.3 Å². The molecule has 0 saturated carbocycles. The number of ether oxygens (including phenoxy) is 2. The molecular weight excluding hydrogens is 1150 g/mol. The molecule has 0 saturated heterocycles. The molecular formula is C86H62B2N2O4. The van der Waals surface area contributed by atoms with Gasteiger partial charge in [0, 0.05) is 61.1 Å². The molecule has 94 heavy (non-hydrogen) atoms. The summed E-state index contributed by atoms with van der Waals surface area (Å²) >= 11 is 0. The van der Waals surface area contributed by atoms with E-state index < -0.39 is 0 Å². The first-order valence-corrected chi connectivity index (χ1v) is 32.8. The fourth-order valence-corrected chi connectivity index (χ4v) is 15.6. The molecule has 8 heteroatoms. The standard InChI is InChI=1S/C86H62B2N2O4/c1-85(2,3)57-35-37-66-78(47-57)93-80-45-55(53-33-39-76-64(41-53)62-27-16-18-31-74(62)91-76)43-72-82(80)87(66)68-49-69-71(50-70(68)89(72)59-25-14-9-15-26-59)90(84-60(51-21-10-7-11-22-51)29-20-30-61(84)52-23-12-8-13-24-52)73-44-56(54-34-40-77-65(42-54)63-28-17-19-32-75(63)92-77)46-81-83(73)88(69)67-38-36-58(86(4,5)6)48-79(67)94-81/h7-50H,1-6H3. The van der Waals surface area contributed by atoms with E-state index >= 15 is 0 Å². The summed E-state index contributed by atoms with van der Waals surface area (Å²) in [6.07, 6.45) is 0. The van der Waals surface area contributed by atoms with Gasteiger partial charge in [0.1, 0.15) is 45.3 Å². The van der Waals surface area contributed by atoms with E-state index in [9.17, 15) is 0 Å². The minimum atomic E-state index is -0.248. The lowest BCUT2D eigenvalue weighted by molar-refractivity contribution is 0.483. The maximum absolute atomic E-state index is 7.59. The molecule has 0 fully saturated rings. The predicted molar refractivity (Wildman–Crippen MR) is 392 cm³/mol. The number of benzene rings is 13. The van der Waals surface area contributed by atoms with Crippen LogP contribution in [0.5, 0.6) is 23.0 Å². The van der Waals surface area contributed by atoms with Crippen LogP contribution in [0.25, 0.3) is 88.4 Å². The highest BCUT2D eigenvalue weighted by Crippen LogP contribution is 2.53. The third-order valence-corrected chi connectivity index (χ3v) is 20.3. The number of hydrogen-bond acceptors (Lipinski definition) is 6. The molecule has 0 radical (unpaired) electrons. The van der Waals surface area contributed by atoms with E-state index in [2.05, 4.69) is 306 Å². The molecule has 0 bridgehead atoms. The van der Waals surface area contributed by atoms with Crippen molar-refractivity contribution in [2.45, 2.75) is 52.4 Å². The normalized spacial score (nSPS) is 13.5. The molecule has 0 spiro atoms. The summed E-state index contributed by atoms with van der Waals surface area (Å²) < 4.78 is 28.0. The minimum absolute atomic E-state index is 0.130. The Morgan fingerprint density at radius 3 is 1.21 bits per heavy atom. The van der Waals surface area contributed by atoms with E-state index in [1.54, 1.807) is 0 Å². The number of anilines is 6. The van der Waals surface area contributed by atoms with Crippen molar-refractivity contribution in [3.63, 3.8) is 0 Å². The van der Waals surface area contributed by atoms with Gasteiger partial charge < -0.3 is 28.1 Å². The van der Waals surface area contributed by atoms with E-state index in [1.807, 2.05) is 12.1 Å². The predicted octanol–water partition coefficient (Wildman–Crippen LogP) is 19.6. The average molecular weight is 1210 g/mol. The zero-order chi connectivity index (χ0) is 62.9. The van der Waals surface area contributed by atoms with Crippen LogP contribution in [0.1, 0.15) is 52.7 Å². The van der Waals surface area contributed by atoms with Crippen LogP contribution in [0.4, 0.5) is 34.1 Å². The lowest BCUT2D eigenvalue weighted by Gasteiger charge is -2.45. The lowest BCUT2D eigenvalue weighted by atomic mass is 9.30. The van der Waals surface area contributed by atoms with Gasteiger partial charge >= 0.3 is 0 Å². The summed E-state index contributed by atoms with van der Waals surface area (Å²) in [5, 5.41) is 4.32. The quantitative estimate of drug-likeness (QED) is 0.155. The molecule has 13 aromatic carbocycles. The second-order valence-corrected chi connectivity index (χ2v) is 27.9. The molecule has 0 amide bonds. The van der Waals surface area contributed by atoms with Gasteiger partial charge in [-0.3, -0.25) is 0 Å². The van der Waals surface area contributed by atoms with Crippen molar-refractivity contribution in [3.05, 3.63) is 278 Å². The third kappa shape index (κ3) is 8.31. The Bertz CT molecular complexity index is 5620. The van der Waals surface area contributed by atoms with Crippen LogP contribution in [0.3, 0.4) is 0 Å². The van der Waals surface area contributed by atoms with Crippen LogP contribution >= 0.6 is 0 Å². The Morgan fingerprint density at radius 2 is 0.723 bits per heavy atom. The fraction of sp³-hybridized carbons (Fsp3) is 0.0930.